The van der Waals surface area contributed by atoms with E-state index in [0.29, 0.717) is 28.6 Å². The second kappa shape index (κ2) is 6.50. The lowest BCUT2D eigenvalue weighted by atomic mass is 10.1. The molecule has 0 saturated heterocycles. The number of nitrogens with zero attached hydrogens (tertiary/aromatic N) is 1. The number of carbonyl (C=O) groups excluding carboxylic acids is 1. The maximum atomic E-state index is 12.5. The fraction of sp³-hybridized carbons (Fsp3) is 0.188. The molecular weight excluding hydrogens is 288 g/mol. The van der Waals surface area contributed by atoms with Crippen LogP contribution in [0.1, 0.15) is 15.9 Å². The molecule has 0 heterocycles. The molecule has 0 fully saturated rings. The standard InChI is InChI=1S/C16H17ClN2O2/c1-19(10-11-4-3-5-13(18)8-11)16(20)14-9-12(17)6-7-15(14)21-2/h3-9H,10,18H2,1-2H3. The Bertz CT molecular complexity index is 658. The van der Waals surface area contributed by atoms with Crippen LogP contribution in [0.3, 0.4) is 0 Å². The normalized spacial score (nSPS) is 10.2. The molecule has 0 saturated carbocycles. The number of amides is 1. The zero-order valence-electron chi connectivity index (χ0n) is 12.0. The van der Waals surface area contributed by atoms with Crippen molar-refractivity contribution in [2.45, 2.75) is 6.54 Å². The van der Waals surface area contributed by atoms with E-state index in [2.05, 4.69) is 0 Å². The maximum Gasteiger partial charge on any atom is 0.257 e. The van der Waals surface area contributed by atoms with Gasteiger partial charge in [-0.2, -0.15) is 0 Å². The molecule has 0 atom stereocenters. The lowest BCUT2D eigenvalue weighted by Crippen LogP contribution is -2.26. The van der Waals surface area contributed by atoms with Gasteiger partial charge in [-0.3, -0.25) is 4.79 Å². The van der Waals surface area contributed by atoms with E-state index in [0.717, 1.165) is 5.56 Å². The maximum absolute atomic E-state index is 12.5. The number of carbonyl (C=O) groups is 1. The van der Waals surface area contributed by atoms with E-state index in [4.69, 9.17) is 22.1 Å². The van der Waals surface area contributed by atoms with Gasteiger partial charge in [0.15, 0.2) is 0 Å². The van der Waals surface area contributed by atoms with E-state index in [9.17, 15) is 4.79 Å². The first kappa shape index (κ1) is 15.2. The summed E-state index contributed by atoms with van der Waals surface area (Å²) < 4.78 is 5.21. The van der Waals surface area contributed by atoms with Crippen molar-refractivity contribution < 1.29 is 9.53 Å². The third-order valence-corrected chi connectivity index (χ3v) is 3.34. The Kier molecular flexibility index (Phi) is 4.70. The van der Waals surface area contributed by atoms with Crippen LogP contribution in [0.15, 0.2) is 42.5 Å². The number of nitrogen functional groups attached to an aromatic ring is 1. The first-order valence-electron chi connectivity index (χ1n) is 6.44. The van der Waals surface area contributed by atoms with E-state index in [1.165, 1.54) is 7.11 Å². The molecule has 2 rings (SSSR count). The quantitative estimate of drug-likeness (QED) is 0.883. The average Bonchev–Trinajstić information content (AvgIpc) is 2.46. The van der Waals surface area contributed by atoms with E-state index in [1.807, 2.05) is 24.3 Å². The molecule has 4 nitrogen and oxygen atoms in total. The third kappa shape index (κ3) is 3.67. The summed E-state index contributed by atoms with van der Waals surface area (Å²) in [6, 6.07) is 12.4. The zero-order valence-corrected chi connectivity index (χ0v) is 12.7. The molecule has 2 aromatic carbocycles. The summed E-state index contributed by atoms with van der Waals surface area (Å²) in [7, 11) is 3.25. The molecule has 0 aromatic heterocycles. The number of methoxy groups -OCH3 is 1. The molecule has 21 heavy (non-hydrogen) atoms. The minimum Gasteiger partial charge on any atom is -0.496 e. The largest absolute Gasteiger partial charge is 0.496 e. The summed E-state index contributed by atoms with van der Waals surface area (Å²) in [5, 5.41) is 0.497. The van der Waals surface area contributed by atoms with Gasteiger partial charge in [0, 0.05) is 24.3 Å². The summed E-state index contributed by atoms with van der Waals surface area (Å²) in [6.07, 6.45) is 0. The lowest BCUT2D eigenvalue weighted by Gasteiger charge is -2.19. The lowest BCUT2D eigenvalue weighted by molar-refractivity contribution is 0.0781. The monoisotopic (exact) mass is 304 g/mol. The summed E-state index contributed by atoms with van der Waals surface area (Å²) in [4.78, 5) is 14.1. The van der Waals surface area contributed by atoms with Gasteiger partial charge in [0.25, 0.3) is 5.91 Å². The van der Waals surface area contributed by atoms with Crippen molar-refractivity contribution in [3.8, 4) is 5.75 Å². The smallest absolute Gasteiger partial charge is 0.257 e. The molecule has 2 N–H and O–H groups in total. The molecule has 0 radical (unpaired) electrons. The van der Waals surface area contributed by atoms with Gasteiger partial charge >= 0.3 is 0 Å². The highest BCUT2D eigenvalue weighted by molar-refractivity contribution is 6.31. The molecule has 0 aliphatic rings. The van der Waals surface area contributed by atoms with E-state index in [1.54, 1.807) is 30.1 Å². The molecule has 0 aliphatic carbocycles. The van der Waals surface area contributed by atoms with Crippen molar-refractivity contribution in [2.24, 2.45) is 0 Å². The summed E-state index contributed by atoms with van der Waals surface area (Å²) in [5.41, 5.74) is 7.83. The van der Waals surface area contributed by atoms with Gasteiger partial charge in [0.2, 0.25) is 0 Å². The van der Waals surface area contributed by atoms with Gasteiger partial charge in [-0.15, -0.1) is 0 Å². The van der Waals surface area contributed by atoms with E-state index >= 15 is 0 Å². The topological polar surface area (TPSA) is 55.6 Å². The molecule has 2 aromatic rings. The molecule has 110 valence electrons. The van der Waals surface area contributed by atoms with Crippen LogP contribution in [0, 0.1) is 0 Å². The van der Waals surface area contributed by atoms with Crippen molar-refractivity contribution in [1.82, 2.24) is 4.90 Å². The molecule has 0 spiro atoms. The van der Waals surface area contributed by atoms with Crippen molar-refractivity contribution in [3.05, 3.63) is 58.6 Å². The predicted octanol–water partition coefficient (Wildman–Crippen LogP) is 3.20. The van der Waals surface area contributed by atoms with Crippen LogP contribution in [0.2, 0.25) is 5.02 Å². The first-order valence-corrected chi connectivity index (χ1v) is 6.82. The van der Waals surface area contributed by atoms with Gasteiger partial charge in [-0.05, 0) is 35.9 Å². The van der Waals surface area contributed by atoms with Gasteiger partial charge in [0.05, 0.1) is 12.7 Å². The number of ether oxygens (including phenoxy) is 1. The number of hydrogen-bond donors (Lipinski definition) is 1. The fourth-order valence-electron chi connectivity index (χ4n) is 2.09. The minimum atomic E-state index is -0.156. The van der Waals surface area contributed by atoms with Crippen molar-refractivity contribution in [3.63, 3.8) is 0 Å². The van der Waals surface area contributed by atoms with E-state index < -0.39 is 0 Å². The van der Waals surface area contributed by atoms with Crippen LogP contribution in [0.5, 0.6) is 5.75 Å². The van der Waals surface area contributed by atoms with Crippen LogP contribution < -0.4 is 10.5 Å². The van der Waals surface area contributed by atoms with Crippen LogP contribution in [0.25, 0.3) is 0 Å². The Labute approximate surface area is 129 Å². The average molecular weight is 305 g/mol. The Balaban J connectivity index is 2.21. The van der Waals surface area contributed by atoms with Crippen LogP contribution in [-0.2, 0) is 6.54 Å². The summed E-state index contributed by atoms with van der Waals surface area (Å²) in [5.74, 6) is 0.348. The zero-order chi connectivity index (χ0) is 15.4. The Hall–Kier alpha value is -2.20. The second-order valence-electron chi connectivity index (χ2n) is 4.75. The van der Waals surface area contributed by atoms with Crippen LogP contribution in [0.4, 0.5) is 5.69 Å². The van der Waals surface area contributed by atoms with Crippen LogP contribution in [-0.4, -0.2) is 25.0 Å². The first-order chi connectivity index (χ1) is 10.0. The van der Waals surface area contributed by atoms with Gasteiger partial charge < -0.3 is 15.4 Å². The molecule has 0 bridgehead atoms. The number of rotatable bonds is 4. The Morgan fingerprint density at radius 3 is 2.71 bits per heavy atom. The summed E-state index contributed by atoms with van der Waals surface area (Å²) >= 11 is 5.96. The highest BCUT2D eigenvalue weighted by Crippen LogP contribution is 2.24. The number of benzene rings is 2. The predicted molar refractivity (Wildman–Crippen MR) is 84.7 cm³/mol. The number of halogens is 1. The minimum absolute atomic E-state index is 0.156. The molecule has 0 aliphatic heterocycles. The van der Waals surface area contributed by atoms with Gasteiger partial charge in [-0.1, -0.05) is 23.7 Å². The summed E-state index contributed by atoms with van der Waals surface area (Å²) in [6.45, 7) is 0.458. The molecule has 0 unspecified atom stereocenters. The molecular formula is C16H17ClN2O2. The SMILES string of the molecule is COc1ccc(Cl)cc1C(=O)N(C)Cc1cccc(N)c1. The van der Waals surface area contributed by atoms with Crippen molar-refractivity contribution in [1.29, 1.82) is 0 Å². The second-order valence-corrected chi connectivity index (χ2v) is 5.19. The van der Waals surface area contributed by atoms with Crippen molar-refractivity contribution >= 4 is 23.2 Å². The van der Waals surface area contributed by atoms with E-state index in [-0.39, 0.29) is 5.91 Å². The number of nitrogens with two attached hydrogens (primary N) is 1. The Morgan fingerprint density at radius 2 is 2.05 bits per heavy atom. The highest BCUT2D eigenvalue weighted by Gasteiger charge is 2.17. The van der Waals surface area contributed by atoms with Crippen LogP contribution >= 0.6 is 11.6 Å². The third-order valence-electron chi connectivity index (χ3n) is 3.11. The fourth-order valence-corrected chi connectivity index (χ4v) is 2.26. The number of anilines is 1. The number of hydrogen-bond acceptors (Lipinski definition) is 3. The van der Waals surface area contributed by atoms with Crippen molar-refractivity contribution in [2.75, 3.05) is 19.9 Å². The molecule has 1 amide bonds. The van der Waals surface area contributed by atoms with Gasteiger partial charge in [-0.25, -0.2) is 0 Å². The van der Waals surface area contributed by atoms with Gasteiger partial charge in [0.1, 0.15) is 5.75 Å². The Morgan fingerprint density at radius 1 is 1.29 bits per heavy atom. The molecule has 5 heteroatoms. The highest BCUT2D eigenvalue weighted by atomic mass is 35.5.